The van der Waals surface area contributed by atoms with Gasteiger partial charge in [-0.2, -0.15) is 5.26 Å². The molecule has 0 atom stereocenters. The third-order valence-electron chi connectivity index (χ3n) is 4.02. The Hall–Kier alpha value is -3.56. The van der Waals surface area contributed by atoms with Crippen molar-refractivity contribution in [3.63, 3.8) is 0 Å². The molecule has 0 aliphatic carbocycles. The molecule has 3 rings (SSSR count). The Balaban J connectivity index is 1.81. The molecule has 0 saturated carbocycles. The highest BCUT2D eigenvalue weighted by Gasteiger charge is 2.13. The maximum atomic E-state index is 12.7. The van der Waals surface area contributed by atoms with Crippen molar-refractivity contribution in [1.82, 2.24) is 4.98 Å². The van der Waals surface area contributed by atoms with Crippen LogP contribution < -0.4 is 15.4 Å². The Morgan fingerprint density at radius 3 is 2.79 bits per heavy atom. The van der Waals surface area contributed by atoms with Crippen LogP contribution >= 0.6 is 11.6 Å². The molecule has 0 fully saturated rings. The summed E-state index contributed by atoms with van der Waals surface area (Å²) >= 11 is 6.11. The highest BCUT2D eigenvalue weighted by molar-refractivity contribution is 6.31. The van der Waals surface area contributed by atoms with Crippen LogP contribution in [0, 0.1) is 18.3 Å². The maximum Gasteiger partial charge on any atom is 0.255 e. The number of carbonyl (C=O) groups excluding carboxylic acids is 1. The molecule has 0 unspecified atom stereocenters. The van der Waals surface area contributed by atoms with E-state index in [-0.39, 0.29) is 5.91 Å². The summed E-state index contributed by atoms with van der Waals surface area (Å²) in [6.45, 7) is 1.85. The number of hydrogen-bond donors (Lipinski definition) is 2. The number of aryl methyl sites for hydroxylation is 1. The zero-order valence-corrected chi connectivity index (χ0v) is 16.0. The summed E-state index contributed by atoms with van der Waals surface area (Å²) in [7, 11) is 1.51. The van der Waals surface area contributed by atoms with Gasteiger partial charge in [0.15, 0.2) is 0 Å². The molecule has 0 spiro atoms. The van der Waals surface area contributed by atoms with E-state index < -0.39 is 0 Å². The molecule has 2 N–H and O–H groups in total. The van der Waals surface area contributed by atoms with Crippen molar-refractivity contribution < 1.29 is 9.53 Å². The Morgan fingerprint density at radius 2 is 2.04 bits per heavy atom. The molecule has 2 aromatic carbocycles. The first-order valence-electron chi connectivity index (χ1n) is 8.39. The topological polar surface area (TPSA) is 87.0 Å². The number of hydrogen-bond acceptors (Lipinski definition) is 5. The lowest BCUT2D eigenvalue weighted by Crippen LogP contribution is -2.13. The summed E-state index contributed by atoms with van der Waals surface area (Å²) in [5, 5.41) is 15.5. The molecule has 3 aromatic rings. The van der Waals surface area contributed by atoms with Crippen molar-refractivity contribution in [2.75, 3.05) is 17.7 Å². The third kappa shape index (κ3) is 4.40. The minimum atomic E-state index is -0.309. The quantitative estimate of drug-likeness (QED) is 0.643. The molecular weight excluding hydrogens is 376 g/mol. The number of methoxy groups -OCH3 is 1. The zero-order valence-electron chi connectivity index (χ0n) is 15.3. The number of pyridine rings is 1. The second-order valence-corrected chi connectivity index (χ2v) is 6.41. The van der Waals surface area contributed by atoms with Gasteiger partial charge in [-0.05, 0) is 48.9 Å². The molecule has 0 aliphatic heterocycles. The van der Waals surface area contributed by atoms with Gasteiger partial charge in [-0.3, -0.25) is 4.79 Å². The van der Waals surface area contributed by atoms with Crippen molar-refractivity contribution >= 4 is 34.7 Å². The van der Waals surface area contributed by atoms with Crippen molar-refractivity contribution in [1.29, 1.82) is 5.26 Å². The lowest BCUT2D eigenvalue weighted by molar-refractivity contribution is 0.102. The van der Waals surface area contributed by atoms with E-state index in [4.69, 9.17) is 21.6 Å². The molecule has 6 nitrogen and oxygen atoms in total. The number of carbonyl (C=O) groups is 1. The van der Waals surface area contributed by atoms with E-state index in [9.17, 15) is 4.79 Å². The number of halogens is 1. The average Bonchev–Trinajstić information content (AvgIpc) is 2.70. The maximum absolute atomic E-state index is 12.7. The monoisotopic (exact) mass is 392 g/mol. The Morgan fingerprint density at radius 1 is 1.21 bits per heavy atom. The van der Waals surface area contributed by atoms with Gasteiger partial charge in [0.1, 0.15) is 11.6 Å². The van der Waals surface area contributed by atoms with Crippen molar-refractivity contribution in [2.24, 2.45) is 0 Å². The molecule has 1 heterocycles. The lowest BCUT2D eigenvalue weighted by Gasteiger charge is -2.13. The van der Waals surface area contributed by atoms with E-state index in [1.165, 1.54) is 13.3 Å². The summed E-state index contributed by atoms with van der Waals surface area (Å²) in [4.78, 5) is 16.9. The molecule has 28 heavy (non-hydrogen) atoms. The van der Waals surface area contributed by atoms with Gasteiger partial charge in [0.05, 0.1) is 24.4 Å². The Kier molecular flexibility index (Phi) is 5.78. The van der Waals surface area contributed by atoms with Gasteiger partial charge in [0, 0.05) is 28.5 Å². The number of rotatable bonds is 5. The predicted molar refractivity (Wildman–Crippen MR) is 109 cm³/mol. The van der Waals surface area contributed by atoms with Gasteiger partial charge >= 0.3 is 0 Å². The summed E-state index contributed by atoms with van der Waals surface area (Å²) < 4.78 is 5.29. The number of nitrogens with zero attached hydrogens (tertiary/aromatic N) is 2. The number of benzene rings is 2. The first-order chi connectivity index (χ1) is 13.5. The van der Waals surface area contributed by atoms with E-state index in [0.29, 0.717) is 39.1 Å². The molecule has 1 aromatic heterocycles. The van der Waals surface area contributed by atoms with Gasteiger partial charge < -0.3 is 15.4 Å². The summed E-state index contributed by atoms with van der Waals surface area (Å²) in [5.74, 6) is 0.655. The number of ether oxygens (including phenoxy) is 1. The number of nitrogens with one attached hydrogen (secondary N) is 2. The van der Waals surface area contributed by atoms with Crippen LogP contribution in [0.5, 0.6) is 5.75 Å². The summed E-state index contributed by atoms with van der Waals surface area (Å²) in [6.07, 6.45) is 1.54. The number of nitriles is 1. The minimum absolute atomic E-state index is 0.309. The van der Waals surface area contributed by atoms with Crippen LogP contribution in [0.25, 0.3) is 0 Å². The second kappa shape index (κ2) is 8.42. The SMILES string of the molecule is COc1cc(Cl)c(C)cc1NC(=O)c1ccnc(Nc2cccc(C#N)c2)c1. The summed E-state index contributed by atoms with van der Waals surface area (Å²) in [6, 6.07) is 15.7. The Labute approximate surface area is 167 Å². The van der Waals surface area contributed by atoms with E-state index >= 15 is 0 Å². The molecule has 0 saturated heterocycles. The standard InChI is InChI=1S/C21H17ClN4O2/c1-13-8-18(19(28-2)11-17(13)22)26-21(27)15-6-7-24-20(10-15)25-16-5-3-4-14(9-16)12-23/h3-11H,1-2H3,(H,24,25)(H,26,27). The van der Waals surface area contributed by atoms with Crippen molar-refractivity contribution in [3.05, 3.63) is 76.4 Å². The van der Waals surface area contributed by atoms with Gasteiger partial charge in [0.2, 0.25) is 0 Å². The molecule has 1 amide bonds. The van der Waals surface area contributed by atoms with Crippen molar-refractivity contribution in [3.8, 4) is 11.8 Å². The van der Waals surface area contributed by atoms with E-state index in [2.05, 4.69) is 21.7 Å². The van der Waals surface area contributed by atoms with Gasteiger partial charge in [-0.25, -0.2) is 4.98 Å². The van der Waals surface area contributed by atoms with Crippen LogP contribution in [-0.2, 0) is 0 Å². The molecule has 0 radical (unpaired) electrons. The largest absolute Gasteiger partial charge is 0.495 e. The third-order valence-corrected chi connectivity index (χ3v) is 4.42. The van der Waals surface area contributed by atoms with Crippen LogP contribution in [0.2, 0.25) is 5.02 Å². The number of aromatic nitrogens is 1. The predicted octanol–water partition coefficient (Wildman–Crippen LogP) is 4.92. The van der Waals surface area contributed by atoms with Crippen molar-refractivity contribution in [2.45, 2.75) is 6.92 Å². The smallest absolute Gasteiger partial charge is 0.255 e. The van der Waals surface area contributed by atoms with E-state index in [1.54, 1.807) is 42.5 Å². The minimum Gasteiger partial charge on any atom is -0.495 e. The molecule has 0 aliphatic rings. The van der Waals surface area contributed by atoms with E-state index in [0.717, 1.165) is 5.56 Å². The molecular formula is C21H17ClN4O2. The molecule has 0 bridgehead atoms. The first kappa shape index (κ1) is 19.2. The normalized spacial score (nSPS) is 10.1. The first-order valence-corrected chi connectivity index (χ1v) is 8.76. The average molecular weight is 393 g/mol. The molecule has 140 valence electrons. The zero-order chi connectivity index (χ0) is 20.1. The molecule has 7 heteroatoms. The van der Waals surface area contributed by atoms with Crippen LogP contribution in [0.3, 0.4) is 0 Å². The van der Waals surface area contributed by atoms with Gasteiger partial charge in [-0.15, -0.1) is 0 Å². The highest BCUT2D eigenvalue weighted by atomic mass is 35.5. The summed E-state index contributed by atoms with van der Waals surface area (Å²) in [5.41, 5.74) is 3.02. The fourth-order valence-electron chi connectivity index (χ4n) is 2.58. The van der Waals surface area contributed by atoms with Crippen LogP contribution in [-0.4, -0.2) is 18.0 Å². The number of anilines is 3. The van der Waals surface area contributed by atoms with E-state index in [1.807, 2.05) is 13.0 Å². The second-order valence-electron chi connectivity index (χ2n) is 6.00. The fraction of sp³-hybridized carbons (Fsp3) is 0.0952. The number of amides is 1. The fourth-order valence-corrected chi connectivity index (χ4v) is 2.73. The highest BCUT2D eigenvalue weighted by Crippen LogP contribution is 2.31. The van der Waals surface area contributed by atoms with Crippen LogP contribution in [0.1, 0.15) is 21.5 Å². The van der Waals surface area contributed by atoms with Gasteiger partial charge in [0.25, 0.3) is 5.91 Å². The van der Waals surface area contributed by atoms with Crippen LogP contribution in [0.4, 0.5) is 17.2 Å². The van der Waals surface area contributed by atoms with Gasteiger partial charge in [-0.1, -0.05) is 17.7 Å². The van der Waals surface area contributed by atoms with Crippen LogP contribution in [0.15, 0.2) is 54.7 Å². The lowest BCUT2D eigenvalue weighted by atomic mass is 10.2. The Bertz CT molecular complexity index is 1080.